The van der Waals surface area contributed by atoms with Crippen molar-refractivity contribution < 1.29 is 43.4 Å². The molecule has 2 unspecified atom stereocenters. The number of aromatic nitrogens is 1. The molecule has 8 heteroatoms. The number of halogens is 2. The van der Waals surface area contributed by atoms with Gasteiger partial charge in [-0.2, -0.15) is 0 Å². The molecular weight excluding hydrogens is 492 g/mol. The summed E-state index contributed by atoms with van der Waals surface area (Å²) in [5, 5.41) is 0. The third kappa shape index (κ3) is 5.72. The molecule has 5 nitrogen and oxygen atoms in total. The Bertz CT molecular complexity index is 1060. The van der Waals surface area contributed by atoms with Crippen LogP contribution in [0.5, 0.6) is 0 Å². The van der Waals surface area contributed by atoms with E-state index in [9.17, 15) is 0 Å². The summed E-state index contributed by atoms with van der Waals surface area (Å²) in [6.45, 7) is 4.38. The van der Waals surface area contributed by atoms with Crippen molar-refractivity contribution in [1.82, 2.24) is 4.98 Å². The zero-order valence-electron chi connectivity index (χ0n) is 18.6. The minimum Gasteiger partial charge on any atom is -1.00 e. The molecule has 3 heterocycles. The number of fused-ring (bicyclic) bond motifs is 2. The van der Waals surface area contributed by atoms with Crippen LogP contribution in [0, 0.1) is 0 Å². The Balaban J connectivity index is 0.00000128. The number of hydrogen-bond donors (Lipinski definition) is 0. The first kappa shape index (κ1) is 27.2. The molecule has 0 aromatic carbocycles. The zero-order chi connectivity index (χ0) is 20.5. The van der Waals surface area contributed by atoms with Crippen LogP contribution in [0.15, 0.2) is 85.8 Å². The molecule has 0 spiro atoms. The maximum Gasteiger partial charge on any atom is 2.00 e. The van der Waals surface area contributed by atoms with Gasteiger partial charge in [0.2, 0.25) is 0 Å². The fourth-order valence-corrected chi connectivity index (χ4v) is 4.07. The van der Waals surface area contributed by atoms with Crippen LogP contribution in [0.3, 0.4) is 0 Å². The van der Waals surface area contributed by atoms with E-state index in [0.717, 1.165) is 48.5 Å². The Kier molecular flexibility index (Phi) is 9.80. The summed E-state index contributed by atoms with van der Waals surface area (Å²) < 4.78 is 0. The molecule has 0 saturated heterocycles. The fraction of sp³-hybridized carbons (Fsp3) is 0.320. The summed E-state index contributed by atoms with van der Waals surface area (Å²) in [6.07, 6.45) is 17.3. The number of pyridine rings is 1. The molecule has 1 aromatic heterocycles. The van der Waals surface area contributed by atoms with E-state index in [1.165, 1.54) is 11.1 Å². The second-order valence-corrected chi connectivity index (χ2v) is 7.93. The van der Waals surface area contributed by atoms with Gasteiger partial charge in [0.1, 0.15) is 23.5 Å². The van der Waals surface area contributed by atoms with Crippen LogP contribution in [0.25, 0.3) is 0 Å². The van der Waals surface area contributed by atoms with Crippen LogP contribution in [0.2, 0.25) is 0 Å². The van der Waals surface area contributed by atoms with Crippen molar-refractivity contribution in [1.29, 1.82) is 0 Å². The van der Waals surface area contributed by atoms with Gasteiger partial charge in [0.15, 0.2) is 11.7 Å². The molecule has 1 aromatic rings. The molecule has 5 rings (SSSR count). The van der Waals surface area contributed by atoms with Crippen LogP contribution in [-0.2, 0) is 18.6 Å². The van der Waals surface area contributed by atoms with E-state index in [4.69, 9.17) is 25.0 Å². The molecule has 0 saturated carbocycles. The normalized spacial score (nSPS) is 21.6. The maximum atomic E-state index is 4.80. The first-order valence-corrected chi connectivity index (χ1v) is 10.8. The van der Waals surface area contributed by atoms with Gasteiger partial charge >= 0.3 is 18.6 Å². The zero-order valence-corrected chi connectivity index (χ0v) is 21.5. The predicted octanol–water partition coefficient (Wildman–Crippen LogP) is -1.18. The molecular formula is C25H25Cl2N5V. The Hall–Kier alpha value is -2.05. The number of amidine groups is 2. The van der Waals surface area contributed by atoms with E-state index in [-0.39, 0.29) is 55.5 Å². The summed E-state index contributed by atoms with van der Waals surface area (Å²) in [5.41, 5.74) is 6.17. The Morgan fingerprint density at radius 2 is 1.18 bits per heavy atom. The van der Waals surface area contributed by atoms with Gasteiger partial charge in [-0.15, -0.1) is 0 Å². The molecule has 0 fully saturated rings. The molecule has 2 aliphatic carbocycles. The van der Waals surface area contributed by atoms with E-state index >= 15 is 0 Å². The van der Waals surface area contributed by atoms with Gasteiger partial charge in [-0.1, -0.05) is 57.1 Å². The van der Waals surface area contributed by atoms with Gasteiger partial charge in [-0.3, -0.25) is 9.98 Å². The van der Waals surface area contributed by atoms with Gasteiger partial charge in [0.05, 0.1) is 11.4 Å². The van der Waals surface area contributed by atoms with Crippen molar-refractivity contribution in [3.8, 4) is 0 Å². The van der Waals surface area contributed by atoms with E-state index in [1.54, 1.807) is 0 Å². The molecule has 0 amide bonds. The SMILES string of the molecule is CCCC1=CC2=NC(c3cccc(C4=NC5C=CC(CCC)=CC5=N4)n3)=NC2C=C1.[Cl-].[Cl-].[V+2]. The number of hydrogen-bond acceptors (Lipinski definition) is 5. The molecule has 1 radical (unpaired) electrons. The molecule has 2 aliphatic heterocycles. The van der Waals surface area contributed by atoms with Crippen molar-refractivity contribution in [3.63, 3.8) is 0 Å². The molecule has 0 bridgehead atoms. The predicted molar refractivity (Wildman–Crippen MR) is 124 cm³/mol. The average molecular weight is 517 g/mol. The minimum atomic E-state index is 0. The smallest absolute Gasteiger partial charge is 1.00 e. The molecule has 33 heavy (non-hydrogen) atoms. The minimum absolute atomic E-state index is 0. The van der Waals surface area contributed by atoms with Crippen LogP contribution in [0.4, 0.5) is 0 Å². The summed E-state index contributed by atoms with van der Waals surface area (Å²) in [7, 11) is 0. The maximum absolute atomic E-state index is 4.80. The molecule has 4 aliphatic rings. The van der Waals surface area contributed by atoms with E-state index in [2.05, 4.69) is 50.3 Å². The van der Waals surface area contributed by atoms with Crippen LogP contribution in [0.1, 0.15) is 50.9 Å². The third-order valence-electron chi connectivity index (χ3n) is 5.54. The number of rotatable bonds is 6. The van der Waals surface area contributed by atoms with Crippen molar-refractivity contribution in [3.05, 3.63) is 77.2 Å². The summed E-state index contributed by atoms with van der Waals surface area (Å²) in [4.78, 5) is 23.9. The van der Waals surface area contributed by atoms with Gasteiger partial charge in [-0.25, -0.2) is 15.0 Å². The van der Waals surface area contributed by atoms with Crippen molar-refractivity contribution >= 4 is 23.1 Å². The first-order valence-electron chi connectivity index (χ1n) is 10.8. The first-order chi connectivity index (χ1) is 14.7. The van der Waals surface area contributed by atoms with E-state index in [1.807, 2.05) is 18.2 Å². The van der Waals surface area contributed by atoms with Gasteiger partial charge in [0, 0.05) is 0 Å². The van der Waals surface area contributed by atoms with Crippen LogP contribution < -0.4 is 24.8 Å². The second-order valence-electron chi connectivity index (χ2n) is 7.93. The fourth-order valence-electron chi connectivity index (χ4n) is 4.07. The second kappa shape index (κ2) is 11.9. The monoisotopic (exact) mass is 516 g/mol. The Morgan fingerprint density at radius 1 is 0.727 bits per heavy atom. The van der Waals surface area contributed by atoms with Crippen molar-refractivity contribution in [2.24, 2.45) is 20.0 Å². The topological polar surface area (TPSA) is 62.3 Å². The van der Waals surface area contributed by atoms with Crippen LogP contribution >= 0.6 is 0 Å². The van der Waals surface area contributed by atoms with Crippen molar-refractivity contribution in [2.45, 2.75) is 51.6 Å². The number of nitrogens with zero attached hydrogens (tertiary/aromatic N) is 5. The van der Waals surface area contributed by atoms with E-state index < -0.39 is 0 Å². The molecule has 0 N–H and O–H groups in total. The number of allylic oxidation sites excluding steroid dienone is 4. The quantitative estimate of drug-likeness (QED) is 0.469. The average Bonchev–Trinajstić information content (AvgIpc) is 3.38. The summed E-state index contributed by atoms with van der Waals surface area (Å²) in [6, 6.07) is 5.91. The van der Waals surface area contributed by atoms with E-state index in [0.29, 0.717) is 11.7 Å². The summed E-state index contributed by atoms with van der Waals surface area (Å²) in [5.74, 6) is 1.37. The third-order valence-corrected chi connectivity index (χ3v) is 5.54. The van der Waals surface area contributed by atoms with Gasteiger partial charge < -0.3 is 24.8 Å². The van der Waals surface area contributed by atoms with Crippen LogP contribution in [-0.4, -0.2) is 40.2 Å². The largest absolute Gasteiger partial charge is 2.00 e. The Labute approximate surface area is 219 Å². The standard InChI is InChI=1S/C25H25N5.2ClH.V/c1-3-6-16-10-12-18-22(14-16)29-24(27-18)20-8-5-9-21(26-20)25-28-19-13-11-17(7-4-2)15-23(19)30-25;;;/h5,8-15,18-19H,3-4,6-7H2,1-2H3;2*1H;/q;;;+2/p-2. The van der Waals surface area contributed by atoms with Gasteiger partial charge in [-0.05, 0) is 48.3 Å². The number of aliphatic imine (C=N–C) groups is 4. The molecule has 169 valence electrons. The Morgan fingerprint density at radius 3 is 1.61 bits per heavy atom. The molecule has 2 atom stereocenters. The van der Waals surface area contributed by atoms with Crippen molar-refractivity contribution in [2.75, 3.05) is 0 Å². The van der Waals surface area contributed by atoms with Gasteiger partial charge in [0.25, 0.3) is 0 Å². The summed E-state index contributed by atoms with van der Waals surface area (Å²) >= 11 is 0.